The van der Waals surface area contributed by atoms with Crippen molar-refractivity contribution in [3.63, 3.8) is 0 Å². The monoisotopic (exact) mass is 270 g/mol. The minimum absolute atomic E-state index is 0.335. The first kappa shape index (κ1) is 13.4. The van der Waals surface area contributed by atoms with Gasteiger partial charge in [0.15, 0.2) is 0 Å². The molecule has 2 aromatic rings. The molecule has 0 aliphatic rings. The van der Waals surface area contributed by atoms with Gasteiger partial charge in [-0.25, -0.2) is 0 Å². The Kier molecular flexibility index (Phi) is 4.77. The highest BCUT2D eigenvalue weighted by Crippen LogP contribution is 2.14. The van der Waals surface area contributed by atoms with Crippen molar-refractivity contribution in [3.8, 4) is 17.6 Å². The summed E-state index contributed by atoms with van der Waals surface area (Å²) >= 11 is 0. The van der Waals surface area contributed by atoms with Crippen LogP contribution in [0.4, 0.5) is 0 Å². The van der Waals surface area contributed by atoms with Crippen molar-refractivity contribution in [2.75, 3.05) is 12.9 Å². The molecule has 3 heteroatoms. The van der Waals surface area contributed by atoms with Crippen molar-refractivity contribution in [2.45, 2.75) is 4.90 Å². The number of methoxy groups -OCH3 is 1. The van der Waals surface area contributed by atoms with E-state index < -0.39 is 10.8 Å². The van der Waals surface area contributed by atoms with Gasteiger partial charge in [-0.05, 0) is 36.4 Å². The molecule has 1 unspecified atom stereocenters. The van der Waals surface area contributed by atoms with Gasteiger partial charge in [0.1, 0.15) is 5.75 Å². The predicted molar refractivity (Wildman–Crippen MR) is 77.6 cm³/mol. The molecule has 96 valence electrons. The molecule has 0 spiro atoms. The van der Waals surface area contributed by atoms with Crippen molar-refractivity contribution < 1.29 is 8.95 Å². The fourth-order valence-electron chi connectivity index (χ4n) is 1.54. The molecule has 0 bridgehead atoms. The molecule has 0 N–H and O–H groups in total. The highest BCUT2D eigenvalue weighted by atomic mass is 32.2. The third kappa shape index (κ3) is 3.97. The van der Waals surface area contributed by atoms with Crippen LogP contribution in [0, 0.1) is 11.8 Å². The van der Waals surface area contributed by atoms with Gasteiger partial charge in [-0.3, -0.25) is 4.21 Å². The summed E-state index contributed by atoms with van der Waals surface area (Å²) in [5.74, 6) is 7.04. The highest BCUT2D eigenvalue weighted by Gasteiger charge is 2.01. The lowest BCUT2D eigenvalue weighted by atomic mass is 10.2. The van der Waals surface area contributed by atoms with Crippen LogP contribution < -0.4 is 4.74 Å². The zero-order valence-electron chi connectivity index (χ0n) is 10.6. The first-order chi connectivity index (χ1) is 9.29. The molecule has 0 saturated heterocycles. The summed E-state index contributed by atoms with van der Waals surface area (Å²) in [6.07, 6.45) is 0. The lowest BCUT2D eigenvalue weighted by molar-refractivity contribution is 0.414. The van der Waals surface area contributed by atoms with Gasteiger partial charge in [-0.2, -0.15) is 0 Å². The minimum atomic E-state index is -1.10. The Morgan fingerprint density at radius 2 is 1.74 bits per heavy atom. The van der Waals surface area contributed by atoms with E-state index in [1.54, 1.807) is 31.4 Å². The Balaban J connectivity index is 2.00. The number of hydrogen-bond acceptors (Lipinski definition) is 2. The van der Waals surface area contributed by atoms with Crippen molar-refractivity contribution in [3.05, 3.63) is 60.2 Å². The van der Waals surface area contributed by atoms with E-state index in [0.29, 0.717) is 5.75 Å². The van der Waals surface area contributed by atoms with E-state index in [1.165, 1.54) is 0 Å². The van der Waals surface area contributed by atoms with Crippen LogP contribution in [0.1, 0.15) is 5.56 Å². The molecular formula is C16H14O2S. The van der Waals surface area contributed by atoms with E-state index in [-0.39, 0.29) is 0 Å². The van der Waals surface area contributed by atoms with Crippen LogP contribution in [0.2, 0.25) is 0 Å². The Morgan fingerprint density at radius 3 is 2.37 bits per heavy atom. The minimum Gasteiger partial charge on any atom is -0.497 e. The van der Waals surface area contributed by atoms with E-state index >= 15 is 0 Å². The molecule has 0 aromatic heterocycles. The molecule has 19 heavy (non-hydrogen) atoms. The van der Waals surface area contributed by atoms with Crippen LogP contribution in [0.25, 0.3) is 0 Å². The van der Waals surface area contributed by atoms with E-state index in [9.17, 15) is 4.21 Å². The van der Waals surface area contributed by atoms with Crippen LogP contribution in [0.3, 0.4) is 0 Å². The molecule has 0 aliphatic carbocycles. The van der Waals surface area contributed by atoms with E-state index in [2.05, 4.69) is 11.8 Å². The van der Waals surface area contributed by atoms with Gasteiger partial charge in [0, 0.05) is 10.5 Å². The second-order valence-electron chi connectivity index (χ2n) is 3.83. The van der Waals surface area contributed by atoms with Gasteiger partial charge < -0.3 is 4.74 Å². The second kappa shape index (κ2) is 6.77. The van der Waals surface area contributed by atoms with Gasteiger partial charge in [0.2, 0.25) is 0 Å². The smallest absolute Gasteiger partial charge is 0.118 e. The summed E-state index contributed by atoms with van der Waals surface area (Å²) in [6, 6.07) is 16.9. The maximum absolute atomic E-state index is 12.0. The van der Waals surface area contributed by atoms with E-state index in [4.69, 9.17) is 4.74 Å². The lowest BCUT2D eigenvalue weighted by Gasteiger charge is -2.01. The van der Waals surface area contributed by atoms with E-state index in [0.717, 1.165) is 16.2 Å². The quantitative estimate of drug-likeness (QED) is 0.802. The average molecular weight is 270 g/mol. The molecule has 0 radical (unpaired) electrons. The zero-order chi connectivity index (χ0) is 13.5. The highest BCUT2D eigenvalue weighted by molar-refractivity contribution is 7.85. The van der Waals surface area contributed by atoms with Crippen molar-refractivity contribution >= 4 is 10.8 Å². The van der Waals surface area contributed by atoms with Crippen molar-refractivity contribution in [1.82, 2.24) is 0 Å². The average Bonchev–Trinajstić information content (AvgIpc) is 2.48. The normalized spacial score (nSPS) is 11.2. The molecule has 2 aromatic carbocycles. The fourth-order valence-corrected chi connectivity index (χ4v) is 2.35. The Bertz CT molecular complexity index is 607. The third-order valence-corrected chi connectivity index (χ3v) is 3.74. The van der Waals surface area contributed by atoms with Gasteiger partial charge in [-0.1, -0.05) is 30.0 Å². The van der Waals surface area contributed by atoms with Crippen molar-refractivity contribution in [2.24, 2.45) is 0 Å². The summed E-state index contributed by atoms with van der Waals surface area (Å²) in [7, 11) is 0.512. The van der Waals surface area contributed by atoms with Crippen LogP contribution in [-0.4, -0.2) is 17.1 Å². The van der Waals surface area contributed by atoms with Gasteiger partial charge in [-0.15, -0.1) is 0 Å². The summed E-state index contributed by atoms with van der Waals surface area (Å²) in [5, 5.41) is 0. The maximum Gasteiger partial charge on any atom is 0.118 e. The van der Waals surface area contributed by atoms with E-state index in [1.807, 2.05) is 30.3 Å². The largest absolute Gasteiger partial charge is 0.497 e. The Hall–Kier alpha value is -2.05. The molecule has 0 fully saturated rings. The summed E-state index contributed by atoms with van der Waals surface area (Å²) in [4.78, 5) is 0.767. The summed E-state index contributed by atoms with van der Waals surface area (Å²) < 4.78 is 17.1. The molecule has 0 aliphatic heterocycles. The number of hydrogen-bond donors (Lipinski definition) is 0. The van der Waals surface area contributed by atoms with Crippen LogP contribution in [0.5, 0.6) is 5.75 Å². The number of benzene rings is 2. The maximum atomic E-state index is 12.0. The third-order valence-electron chi connectivity index (χ3n) is 2.53. The molecule has 0 heterocycles. The Labute approximate surface area is 115 Å². The van der Waals surface area contributed by atoms with Gasteiger partial charge in [0.05, 0.1) is 23.7 Å². The van der Waals surface area contributed by atoms with Crippen LogP contribution in [-0.2, 0) is 10.8 Å². The summed E-state index contributed by atoms with van der Waals surface area (Å²) in [6.45, 7) is 0. The fraction of sp³-hybridized carbons (Fsp3) is 0.125. The zero-order valence-corrected chi connectivity index (χ0v) is 11.4. The van der Waals surface area contributed by atoms with Gasteiger partial charge >= 0.3 is 0 Å². The van der Waals surface area contributed by atoms with Crippen LogP contribution >= 0.6 is 0 Å². The second-order valence-corrected chi connectivity index (χ2v) is 5.28. The SMILES string of the molecule is COc1ccc(S(=O)CC#Cc2ccccc2)cc1. The van der Waals surface area contributed by atoms with Gasteiger partial charge in [0.25, 0.3) is 0 Å². The topological polar surface area (TPSA) is 26.3 Å². The molecule has 2 nitrogen and oxygen atoms in total. The molecule has 1 atom stereocenters. The molecule has 2 rings (SSSR count). The molecule has 0 amide bonds. The predicted octanol–water partition coefficient (Wildman–Crippen LogP) is 2.85. The summed E-state index contributed by atoms with van der Waals surface area (Å²) in [5.41, 5.74) is 0.939. The first-order valence-corrected chi connectivity index (χ1v) is 7.18. The van der Waals surface area contributed by atoms with Crippen molar-refractivity contribution in [1.29, 1.82) is 0 Å². The number of ether oxygens (including phenoxy) is 1. The lowest BCUT2D eigenvalue weighted by Crippen LogP contribution is -1.95. The first-order valence-electron chi connectivity index (χ1n) is 5.86. The molecule has 0 saturated carbocycles. The van der Waals surface area contributed by atoms with Crippen LogP contribution in [0.15, 0.2) is 59.5 Å². The number of rotatable bonds is 3. The standard InChI is InChI=1S/C16H14O2S/c1-18-15-9-11-16(12-10-15)19(17)13-5-8-14-6-3-2-4-7-14/h2-4,6-7,9-12H,13H2,1H3. The molecular weight excluding hydrogens is 256 g/mol. The Morgan fingerprint density at radius 1 is 1.05 bits per heavy atom.